The lowest BCUT2D eigenvalue weighted by Crippen LogP contribution is -2.16. The van der Waals surface area contributed by atoms with Crippen LogP contribution in [0.4, 0.5) is 21.5 Å². The topological polar surface area (TPSA) is 128 Å². The minimum absolute atomic E-state index is 0.0230. The van der Waals surface area contributed by atoms with Crippen molar-refractivity contribution in [2.75, 3.05) is 23.8 Å². The smallest absolute Gasteiger partial charge is 0.306 e. The summed E-state index contributed by atoms with van der Waals surface area (Å²) in [7, 11) is 0. The lowest BCUT2D eigenvalue weighted by atomic mass is 10.1. The van der Waals surface area contributed by atoms with Crippen molar-refractivity contribution < 1.29 is 28.4 Å². The lowest BCUT2D eigenvalue weighted by molar-refractivity contribution is -0.384. The fourth-order valence-electron chi connectivity index (χ4n) is 2.56. The molecule has 2 rings (SSSR count). The maximum absolute atomic E-state index is 14.0. The zero-order valence-electron chi connectivity index (χ0n) is 16.1. The van der Waals surface area contributed by atoms with Gasteiger partial charge in [-0.05, 0) is 30.7 Å². The number of nitrogens with one attached hydrogen (secondary N) is 2. The van der Waals surface area contributed by atoms with E-state index in [0.717, 1.165) is 6.07 Å². The van der Waals surface area contributed by atoms with E-state index in [4.69, 9.17) is 4.74 Å². The van der Waals surface area contributed by atoms with Gasteiger partial charge in [-0.2, -0.15) is 0 Å². The molecular formula is C20H20FN3O6. The van der Waals surface area contributed by atoms with E-state index in [9.17, 15) is 28.9 Å². The van der Waals surface area contributed by atoms with Crippen molar-refractivity contribution in [2.45, 2.75) is 19.8 Å². The Kier molecular flexibility index (Phi) is 7.98. The van der Waals surface area contributed by atoms with Crippen LogP contribution in [-0.4, -0.2) is 35.7 Å². The number of amides is 1. The monoisotopic (exact) mass is 417 g/mol. The summed E-state index contributed by atoms with van der Waals surface area (Å²) in [5, 5.41) is 16.2. The van der Waals surface area contributed by atoms with E-state index in [-0.39, 0.29) is 35.8 Å². The molecule has 0 aliphatic carbocycles. The number of nitrogens with zero attached hydrogens (tertiary/aromatic N) is 1. The normalized spacial score (nSPS) is 10.2. The van der Waals surface area contributed by atoms with Gasteiger partial charge < -0.3 is 15.4 Å². The molecule has 158 valence electrons. The van der Waals surface area contributed by atoms with Gasteiger partial charge in [0.2, 0.25) is 11.7 Å². The number of nitro groups is 1. The van der Waals surface area contributed by atoms with Gasteiger partial charge in [0.25, 0.3) is 5.69 Å². The summed E-state index contributed by atoms with van der Waals surface area (Å²) in [6.45, 7) is 0.937. The zero-order valence-corrected chi connectivity index (χ0v) is 16.1. The maximum atomic E-state index is 14.0. The third kappa shape index (κ3) is 6.66. The molecule has 9 nitrogen and oxygen atoms in total. The summed E-state index contributed by atoms with van der Waals surface area (Å²) in [4.78, 5) is 45.2. The third-order valence-electron chi connectivity index (χ3n) is 3.93. The van der Waals surface area contributed by atoms with Crippen LogP contribution in [0.1, 0.15) is 30.1 Å². The van der Waals surface area contributed by atoms with Gasteiger partial charge in [0.05, 0.1) is 10.5 Å². The maximum Gasteiger partial charge on any atom is 0.306 e. The first kappa shape index (κ1) is 22.5. The number of carbonyl (C=O) groups is 3. The first-order valence-electron chi connectivity index (χ1n) is 9.01. The first-order valence-corrected chi connectivity index (χ1v) is 9.01. The Hall–Kier alpha value is -3.82. The van der Waals surface area contributed by atoms with E-state index >= 15 is 0 Å². The van der Waals surface area contributed by atoms with Gasteiger partial charge in [-0.15, -0.1) is 0 Å². The number of nitro benzene ring substituents is 1. The summed E-state index contributed by atoms with van der Waals surface area (Å²) in [5.74, 6) is -2.58. The number of ketones is 1. The molecule has 0 bridgehead atoms. The van der Waals surface area contributed by atoms with Crippen LogP contribution >= 0.6 is 0 Å². The summed E-state index contributed by atoms with van der Waals surface area (Å²) < 4.78 is 18.9. The molecule has 0 fully saturated rings. The second-order valence-electron chi connectivity index (χ2n) is 6.26. The molecule has 0 heterocycles. The number of halogens is 1. The molecule has 2 aromatic carbocycles. The van der Waals surface area contributed by atoms with Gasteiger partial charge in [0.1, 0.15) is 11.5 Å². The molecule has 0 aliphatic heterocycles. The van der Waals surface area contributed by atoms with Gasteiger partial charge >= 0.3 is 5.97 Å². The SMILES string of the molecule is CC(=O)Nc1ccc(C(=O)COC(=O)CCCNc2ccccc2[N+](=O)[O-])c(F)c1. The highest BCUT2D eigenvalue weighted by atomic mass is 19.1. The van der Waals surface area contributed by atoms with Gasteiger partial charge in [0, 0.05) is 31.6 Å². The van der Waals surface area contributed by atoms with E-state index < -0.39 is 29.1 Å². The minimum atomic E-state index is -0.837. The van der Waals surface area contributed by atoms with E-state index in [1.807, 2.05) is 0 Å². The average molecular weight is 417 g/mol. The molecule has 0 aromatic heterocycles. The van der Waals surface area contributed by atoms with Crippen LogP contribution < -0.4 is 10.6 Å². The predicted octanol–water partition coefficient (Wildman–Crippen LogP) is 3.31. The van der Waals surface area contributed by atoms with Gasteiger partial charge in [-0.3, -0.25) is 24.5 Å². The number of hydrogen-bond donors (Lipinski definition) is 2. The Balaban J connectivity index is 1.76. The van der Waals surface area contributed by atoms with Gasteiger partial charge in [0.15, 0.2) is 6.61 Å². The van der Waals surface area contributed by atoms with Crippen molar-refractivity contribution in [3.63, 3.8) is 0 Å². The number of rotatable bonds is 10. The van der Waals surface area contributed by atoms with Crippen LogP contribution in [0.25, 0.3) is 0 Å². The molecule has 0 unspecified atom stereocenters. The summed E-state index contributed by atoms with van der Waals surface area (Å²) in [5.41, 5.74) is 0.219. The standard InChI is InChI=1S/C20H20FN3O6/c1-13(25)23-14-8-9-15(16(21)11-14)19(26)12-30-20(27)7-4-10-22-17-5-2-3-6-18(17)24(28)29/h2-3,5-6,8-9,11,22H,4,7,10,12H2,1H3,(H,23,25). The number of esters is 1. The average Bonchev–Trinajstić information content (AvgIpc) is 2.69. The van der Waals surface area contributed by atoms with Gasteiger partial charge in [-0.1, -0.05) is 12.1 Å². The van der Waals surface area contributed by atoms with Gasteiger partial charge in [-0.25, -0.2) is 4.39 Å². The first-order chi connectivity index (χ1) is 14.3. The molecule has 0 radical (unpaired) electrons. The number of benzene rings is 2. The highest BCUT2D eigenvalue weighted by molar-refractivity contribution is 5.99. The number of carbonyl (C=O) groups excluding carboxylic acids is 3. The molecule has 0 spiro atoms. The Morgan fingerprint density at radius 2 is 1.90 bits per heavy atom. The van der Waals surface area contributed by atoms with E-state index in [0.29, 0.717) is 12.1 Å². The zero-order chi connectivity index (χ0) is 22.1. The third-order valence-corrected chi connectivity index (χ3v) is 3.93. The predicted molar refractivity (Wildman–Crippen MR) is 107 cm³/mol. The van der Waals surface area contributed by atoms with Crippen molar-refractivity contribution in [3.05, 3.63) is 64.0 Å². The molecule has 2 aromatic rings. The van der Waals surface area contributed by atoms with E-state index in [1.54, 1.807) is 18.2 Å². The molecule has 30 heavy (non-hydrogen) atoms. The molecule has 0 saturated heterocycles. The molecule has 1 amide bonds. The molecule has 0 saturated carbocycles. The van der Waals surface area contributed by atoms with Crippen LogP contribution in [-0.2, 0) is 14.3 Å². The molecular weight excluding hydrogens is 397 g/mol. The minimum Gasteiger partial charge on any atom is -0.457 e. The fourth-order valence-corrected chi connectivity index (χ4v) is 2.56. The summed E-state index contributed by atoms with van der Waals surface area (Å²) in [6, 6.07) is 9.70. The second kappa shape index (κ2) is 10.6. The number of ether oxygens (including phenoxy) is 1. The van der Waals surface area contributed by atoms with Crippen molar-refractivity contribution in [3.8, 4) is 0 Å². The lowest BCUT2D eigenvalue weighted by Gasteiger charge is -2.08. The Morgan fingerprint density at radius 1 is 1.17 bits per heavy atom. The quantitative estimate of drug-likeness (QED) is 0.200. The highest BCUT2D eigenvalue weighted by Crippen LogP contribution is 2.23. The van der Waals surface area contributed by atoms with Crippen molar-refractivity contribution in [1.29, 1.82) is 0 Å². The van der Waals surface area contributed by atoms with Crippen molar-refractivity contribution in [2.24, 2.45) is 0 Å². The van der Waals surface area contributed by atoms with E-state index in [1.165, 1.54) is 25.1 Å². The fraction of sp³-hybridized carbons (Fsp3) is 0.250. The number of hydrogen-bond acceptors (Lipinski definition) is 7. The van der Waals surface area contributed by atoms with E-state index in [2.05, 4.69) is 10.6 Å². The Bertz CT molecular complexity index is 963. The number of Topliss-reactive ketones (excluding diaryl/α,β-unsaturated/α-hetero) is 1. The second-order valence-corrected chi connectivity index (χ2v) is 6.26. The van der Waals surface area contributed by atoms with Crippen LogP contribution in [0.15, 0.2) is 42.5 Å². The molecule has 10 heteroatoms. The van der Waals surface area contributed by atoms with Crippen LogP contribution in [0.2, 0.25) is 0 Å². The number of anilines is 2. The van der Waals surface area contributed by atoms with Crippen LogP contribution in [0, 0.1) is 15.9 Å². The summed E-state index contributed by atoms with van der Waals surface area (Å²) >= 11 is 0. The van der Waals surface area contributed by atoms with Crippen molar-refractivity contribution in [1.82, 2.24) is 0 Å². The largest absolute Gasteiger partial charge is 0.457 e. The molecule has 2 N–H and O–H groups in total. The highest BCUT2D eigenvalue weighted by Gasteiger charge is 2.15. The Labute approximate surface area is 171 Å². The number of para-hydroxylation sites is 2. The molecule has 0 atom stereocenters. The Morgan fingerprint density at radius 3 is 2.57 bits per heavy atom. The van der Waals surface area contributed by atoms with Crippen LogP contribution in [0.3, 0.4) is 0 Å². The van der Waals surface area contributed by atoms with Crippen molar-refractivity contribution >= 4 is 34.7 Å². The molecule has 0 aliphatic rings. The summed E-state index contributed by atoms with van der Waals surface area (Å²) in [6.07, 6.45) is 0.295. The van der Waals surface area contributed by atoms with Crippen LogP contribution in [0.5, 0.6) is 0 Å².